The molecule has 6 heteroatoms. The maximum absolute atomic E-state index is 12.4. The number of amides is 1. The number of carbonyl (C=O) groups is 2. The molecule has 1 amide bonds. The van der Waals surface area contributed by atoms with Crippen LogP contribution in [-0.4, -0.2) is 47.4 Å². The molecule has 3 N–H and O–H groups in total. The number of ether oxygens (including phenoxy) is 1. The third-order valence-corrected chi connectivity index (χ3v) is 12.5. The lowest BCUT2D eigenvalue weighted by molar-refractivity contribution is -0.143. The van der Waals surface area contributed by atoms with Gasteiger partial charge in [0.15, 0.2) is 0 Å². The van der Waals surface area contributed by atoms with Crippen LogP contribution < -0.4 is 5.32 Å². The fourth-order valence-electron chi connectivity index (χ4n) is 8.30. The number of hydrogen-bond donors (Lipinski definition) is 3. The number of unbranched alkanes of at least 4 members (excludes halogenated alkanes) is 35. The highest BCUT2D eigenvalue weighted by atomic mass is 16.5. The number of rotatable bonds is 50. The lowest BCUT2D eigenvalue weighted by atomic mass is 10.0. The van der Waals surface area contributed by atoms with E-state index in [9.17, 15) is 19.8 Å². The third-order valence-electron chi connectivity index (χ3n) is 12.5. The number of hydrogen-bond acceptors (Lipinski definition) is 5. The quantitative estimate of drug-likeness (QED) is 0.0322. The number of nitrogens with one attached hydrogen (secondary N) is 1. The summed E-state index contributed by atoms with van der Waals surface area (Å²) in [6.07, 6.45) is 60.1. The molecule has 6 nitrogen and oxygen atoms in total. The zero-order chi connectivity index (χ0) is 44.4. The molecule has 0 spiro atoms. The van der Waals surface area contributed by atoms with Gasteiger partial charge in [0.1, 0.15) is 0 Å². The van der Waals surface area contributed by atoms with Crippen molar-refractivity contribution in [2.75, 3.05) is 13.2 Å². The Morgan fingerprint density at radius 2 is 0.836 bits per heavy atom. The van der Waals surface area contributed by atoms with Crippen molar-refractivity contribution in [1.29, 1.82) is 0 Å². The van der Waals surface area contributed by atoms with Gasteiger partial charge >= 0.3 is 5.97 Å². The van der Waals surface area contributed by atoms with E-state index in [1.807, 2.05) is 0 Å². The Bertz CT molecular complexity index is 951. The lowest BCUT2D eigenvalue weighted by Gasteiger charge is -2.22. The number of aliphatic hydroxyl groups excluding tert-OH is 2. The average molecular weight is 860 g/mol. The highest BCUT2D eigenvalue weighted by molar-refractivity contribution is 5.76. The second-order valence-electron chi connectivity index (χ2n) is 18.6. The normalized spacial score (nSPS) is 12.8. The van der Waals surface area contributed by atoms with E-state index in [2.05, 4.69) is 43.5 Å². The molecule has 2 unspecified atom stereocenters. The second-order valence-corrected chi connectivity index (χ2v) is 18.6. The van der Waals surface area contributed by atoms with Crippen LogP contribution in [0.3, 0.4) is 0 Å². The highest BCUT2D eigenvalue weighted by Gasteiger charge is 2.20. The fourth-order valence-corrected chi connectivity index (χ4v) is 8.30. The van der Waals surface area contributed by atoms with Gasteiger partial charge in [-0.2, -0.15) is 0 Å². The summed E-state index contributed by atoms with van der Waals surface area (Å²) in [6, 6.07) is -0.542. The SMILES string of the molecule is CCCC/C=C\C/C=C\CCCCCCCC(=O)OCCCCCCCCCCCCCCCCCCCCCC(=O)NC(CO)C(O)CCCCCCCCCCCCC. The smallest absolute Gasteiger partial charge is 0.305 e. The Kier molecular flexibility index (Phi) is 49.6. The van der Waals surface area contributed by atoms with Gasteiger partial charge < -0.3 is 20.3 Å². The van der Waals surface area contributed by atoms with Crippen LogP contribution in [0.4, 0.5) is 0 Å². The first-order valence-electron chi connectivity index (χ1n) is 27.1. The summed E-state index contributed by atoms with van der Waals surface area (Å²) in [7, 11) is 0. The largest absolute Gasteiger partial charge is 0.466 e. The van der Waals surface area contributed by atoms with E-state index in [4.69, 9.17) is 4.74 Å². The Morgan fingerprint density at radius 3 is 1.30 bits per heavy atom. The molecule has 0 aromatic rings. The lowest BCUT2D eigenvalue weighted by Crippen LogP contribution is -2.45. The van der Waals surface area contributed by atoms with Gasteiger partial charge in [0, 0.05) is 12.8 Å². The van der Waals surface area contributed by atoms with Gasteiger partial charge in [-0.3, -0.25) is 9.59 Å². The van der Waals surface area contributed by atoms with Crippen LogP contribution in [0.2, 0.25) is 0 Å². The molecule has 0 bridgehead atoms. The van der Waals surface area contributed by atoms with Gasteiger partial charge in [0.05, 0.1) is 25.4 Å². The Labute approximate surface area is 380 Å². The number of aliphatic hydroxyl groups is 2. The predicted octanol–water partition coefficient (Wildman–Crippen LogP) is 16.3. The van der Waals surface area contributed by atoms with Crippen molar-refractivity contribution in [2.45, 2.75) is 302 Å². The summed E-state index contributed by atoms with van der Waals surface area (Å²) in [5.41, 5.74) is 0. The molecule has 0 radical (unpaired) electrons. The van der Waals surface area contributed by atoms with Crippen molar-refractivity contribution >= 4 is 11.9 Å². The fraction of sp³-hybridized carbons (Fsp3) is 0.891. The minimum absolute atomic E-state index is 0.00574. The van der Waals surface area contributed by atoms with Gasteiger partial charge in [0.25, 0.3) is 0 Å². The molecular weight excluding hydrogens is 755 g/mol. The van der Waals surface area contributed by atoms with E-state index < -0.39 is 12.1 Å². The van der Waals surface area contributed by atoms with Crippen molar-refractivity contribution in [3.8, 4) is 0 Å². The molecule has 0 aliphatic carbocycles. The molecule has 0 aliphatic heterocycles. The monoisotopic (exact) mass is 860 g/mol. The van der Waals surface area contributed by atoms with Gasteiger partial charge in [-0.25, -0.2) is 0 Å². The molecule has 0 aromatic carbocycles. The molecule has 0 fully saturated rings. The maximum Gasteiger partial charge on any atom is 0.305 e. The Hall–Kier alpha value is -1.66. The van der Waals surface area contributed by atoms with Gasteiger partial charge in [-0.15, -0.1) is 0 Å². The maximum atomic E-state index is 12.4. The molecule has 0 saturated carbocycles. The number of allylic oxidation sites excluding steroid dienone is 4. The van der Waals surface area contributed by atoms with Crippen molar-refractivity contribution in [2.24, 2.45) is 0 Å². The number of carbonyl (C=O) groups excluding carboxylic acids is 2. The van der Waals surface area contributed by atoms with Crippen molar-refractivity contribution in [3.63, 3.8) is 0 Å². The van der Waals surface area contributed by atoms with Gasteiger partial charge in [-0.1, -0.05) is 250 Å². The van der Waals surface area contributed by atoms with Crippen LogP contribution in [0.5, 0.6) is 0 Å². The highest BCUT2D eigenvalue weighted by Crippen LogP contribution is 2.17. The second kappa shape index (κ2) is 51.0. The summed E-state index contributed by atoms with van der Waals surface area (Å²) < 4.78 is 5.46. The van der Waals surface area contributed by atoms with Crippen LogP contribution in [0.15, 0.2) is 24.3 Å². The van der Waals surface area contributed by atoms with Crippen LogP contribution >= 0.6 is 0 Å². The van der Waals surface area contributed by atoms with Gasteiger partial charge in [0.2, 0.25) is 5.91 Å². The van der Waals surface area contributed by atoms with Crippen LogP contribution in [0.1, 0.15) is 290 Å². The van der Waals surface area contributed by atoms with Gasteiger partial charge in [-0.05, 0) is 51.4 Å². The summed E-state index contributed by atoms with van der Waals surface area (Å²) in [5, 5.41) is 23.2. The molecule has 2 atom stereocenters. The molecular formula is C55H105NO5. The molecule has 0 heterocycles. The minimum Gasteiger partial charge on any atom is -0.466 e. The summed E-state index contributed by atoms with van der Waals surface area (Å²) in [5.74, 6) is -0.0448. The summed E-state index contributed by atoms with van der Waals surface area (Å²) >= 11 is 0. The Morgan fingerprint density at radius 1 is 0.459 bits per heavy atom. The van der Waals surface area contributed by atoms with E-state index in [-0.39, 0.29) is 18.5 Å². The first-order valence-corrected chi connectivity index (χ1v) is 27.1. The standard InChI is InChI=1S/C55H105NO5/c1-3-5-7-9-11-13-15-16-25-29-33-37-41-45-49-55(60)61-50-46-42-38-34-30-26-23-21-19-17-18-20-22-24-28-32-36-40-44-48-54(59)56-52(51-57)53(58)47-43-39-35-31-27-14-12-10-8-6-4-2/h9,11,15-16,52-53,57-58H,3-8,10,12-14,17-51H2,1-2H3,(H,56,59)/b11-9-,16-15-. The predicted molar refractivity (Wildman–Crippen MR) is 264 cm³/mol. The molecule has 0 aliphatic rings. The topological polar surface area (TPSA) is 95.9 Å². The van der Waals surface area contributed by atoms with E-state index in [1.165, 1.54) is 205 Å². The van der Waals surface area contributed by atoms with Crippen molar-refractivity contribution in [3.05, 3.63) is 24.3 Å². The van der Waals surface area contributed by atoms with E-state index in [0.717, 1.165) is 51.4 Å². The Balaban J connectivity index is 3.39. The average Bonchev–Trinajstić information content (AvgIpc) is 3.26. The zero-order valence-corrected chi connectivity index (χ0v) is 40.9. The summed E-state index contributed by atoms with van der Waals surface area (Å²) in [4.78, 5) is 24.4. The molecule has 0 saturated heterocycles. The molecule has 61 heavy (non-hydrogen) atoms. The third kappa shape index (κ3) is 47.7. The van der Waals surface area contributed by atoms with Crippen molar-refractivity contribution < 1.29 is 24.5 Å². The van der Waals surface area contributed by atoms with Crippen LogP contribution in [0, 0.1) is 0 Å². The molecule has 0 aromatic heterocycles. The van der Waals surface area contributed by atoms with Crippen molar-refractivity contribution in [1.82, 2.24) is 5.32 Å². The van der Waals surface area contributed by atoms with Crippen LogP contribution in [-0.2, 0) is 14.3 Å². The first kappa shape index (κ1) is 59.3. The zero-order valence-electron chi connectivity index (χ0n) is 40.9. The van der Waals surface area contributed by atoms with E-state index >= 15 is 0 Å². The summed E-state index contributed by atoms with van der Waals surface area (Å²) in [6.45, 7) is 4.89. The van der Waals surface area contributed by atoms with E-state index in [0.29, 0.717) is 25.9 Å². The first-order chi connectivity index (χ1) is 30.0. The van der Waals surface area contributed by atoms with Crippen LogP contribution in [0.25, 0.3) is 0 Å². The molecule has 0 rings (SSSR count). The number of esters is 1. The minimum atomic E-state index is -0.664. The van der Waals surface area contributed by atoms with E-state index in [1.54, 1.807) is 0 Å². The molecule has 360 valence electrons.